The molecule has 2 rings (SSSR count). The van der Waals surface area contributed by atoms with Crippen LogP contribution in [0.15, 0.2) is 11.1 Å². The molecule has 0 spiro atoms. The summed E-state index contributed by atoms with van der Waals surface area (Å²) in [4.78, 5) is 0. The monoisotopic (exact) mass is 166 g/mol. The molecule has 68 valence electrons. The van der Waals surface area contributed by atoms with Gasteiger partial charge in [-0.25, -0.2) is 0 Å². The predicted octanol–water partition coefficient (Wildman–Crippen LogP) is 3.05. The highest BCUT2D eigenvalue weighted by Gasteiger charge is 2.27. The Balaban J connectivity index is 2.19. The van der Waals surface area contributed by atoms with E-state index in [-0.39, 0.29) is 0 Å². The molecular weight excluding hydrogens is 148 g/mol. The van der Waals surface area contributed by atoms with E-state index in [2.05, 4.69) is 13.8 Å². The molecule has 0 aromatic heterocycles. The third-order valence-corrected chi connectivity index (χ3v) is 3.09. The number of rotatable bonds is 0. The second-order valence-electron chi connectivity index (χ2n) is 4.19. The van der Waals surface area contributed by atoms with Gasteiger partial charge in [0.05, 0.1) is 12.2 Å². The Morgan fingerprint density at radius 3 is 3.00 bits per heavy atom. The zero-order chi connectivity index (χ0) is 8.55. The maximum atomic E-state index is 5.90. The van der Waals surface area contributed by atoms with Crippen molar-refractivity contribution in [2.75, 3.05) is 0 Å². The number of ether oxygens (including phenoxy) is 1. The molecular formula is C11H18O. The van der Waals surface area contributed by atoms with E-state index in [1.807, 2.05) is 0 Å². The van der Waals surface area contributed by atoms with Gasteiger partial charge >= 0.3 is 0 Å². The van der Waals surface area contributed by atoms with Crippen molar-refractivity contribution < 1.29 is 4.74 Å². The van der Waals surface area contributed by atoms with Crippen molar-refractivity contribution in [3.05, 3.63) is 11.1 Å². The predicted molar refractivity (Wildman–Crippen MR) is 50.1 cm³/mol. The van der Waals surface area contributed by atoms with Gasteiger partial charge < -0.3 is 4.74 Å². The van der Waals surface area contributed by atoms with Crippen molar-refractivity contribution in [3.63, 3.8) is 0 Å². The summed E-state index contributed by atoms with van der Waals surface area (Å²) in [5.41, 5.74) is 3.23. The van der Waals surface area contributed by atoms with Crippen molar-refractivity contribution in [2.24, 2.45) is 0 Å². The molecule has 0 aromatic carbocycles. The lowest BCUT2D eigenvalue weighted by molar-refractivity contribution is -0.00629. The van der Waals surface area contributed by atoms with Crippen LogP contribution in [0.1, 0.15) is 46.0 Å². The summed E-state index contributed by atoms with van der Waals surface area (Å²) < 4.78 is 5.90. The molecule has 0 N–H and O–H groups in total. The third-order valence-electron chi connectivity index (χ3n) is 3.09. The molecule has 0 radical (unpaired) electrons. The number of fused-ring (bicyclic) bond motifs is 1. The van der Waals surface area contributed by atoms with Crippen molar-refractivity contribution >= 4 is 0 Å². The summed E-state index contributed by atoms with van der Waals surface area (Å²) >= 11 is 0. The molecule has 0 amide bonds. The highest BCUT2D eigenvalue weighted by atomic mass is 16.5. The molecule has 1 saturated carbocycles. The van der Waals surface area contributed by atoms with E-state index in [1.54, 1.807) is 11.1 Å². The van der Waals surface area contributed by atoms with Gasteiger partial charge in [0.15, 0.2) is 0 Å². The second kappa shape index (κ2) is 3.21. The van der Waals surface area contributed by atoms with Crippen molar-refractivity contribution in [2.45, 2.75) is 58.2 Å². The Kier molecular flexibility index (Phi) is 2.22. The van der Waals surface area contributed by atoms with E-state index < -0.39 is 0 Å². The summed E-state index contributed by atoms with van der Waals surface area (Å²) in [6.45, 7) is 4.47. The molecule has 1 aliphatic heterocycles. The Morgan fingerprint density at radius 1 is 1.33 bits per heavy atom. The van der Waals surface area contributed by atoms with E-state index in [0.717, 1.165) is 6.42 Å². The molecule has 0 aromatic rings. The fourth-order valence-corrected chi connectivity index (χ4v) is 2.51. The zero-order valence-corrected chi connectivity index (χ0v) is 8.10. The van der Waals surface area contributed by atoms with Gasteiger partial charge in [-0.2, -0.15) is 0 Å². The average Bonchev–Trinajstić information content (AvgIpc) is 2.04. The van der Waals surface area contributed by atoms with Crippen LogP contribution in [-0.4, -0.2) is 12.2 Å². The van der Waals surface area contributed by atoms with Crippen LogP contribution in [0.2, 0.25) is 0 Å². The molecule has 0 saturated heterocycles. The van der Waals surface area contributed by atoms with Crippen LogP contribution in [0.25, 0.3) is 0 Å². The minimum absolute atomic E-state index is 0.455. The van der Waals surface area contributed by atoms with Gasteiger partial charge in [0.1, 0.15) is 0 Å². The van der Waals surface area contributed by atoms with E-state index in [9.17, 15) is 0 Å². The second-order valence-corrected chi connectivity index (χ2v) is 4.19. The molecule has 1 heteroatoms. The Labute approximate surface area is 74.8 Å². The van der Waals surface area contributed by atoms with Gasteiger partial charge in [0.25, 0.3) is 0 Å². The summed E-state index contributed by atoms with van der Waals surface area (Å²) in [7, 11) is 0. The van der Waals surface area contributed by atoms with Crippen molar-refractivity contribution in [1.82, 2.24) is 0 Å². The van der Waals surface area contributed by atoms with E-state index in [1.165, 1.54) is 25.7 Å². The van der Waals surface area contributed by atoms with E-state index >= 15 is 0 Å². The van der Waals surface area contributed by atoms with Crippen LogP contribution < -0.4 is 0 Å². The van der Waals surface area contributed by atoms with Crippen molar-refractivity contribution in [3.8, 4) is 0 Å². The maximum absolute atomic E-state index is 5.90. The quantitative estimate of drug-likeness (QED) is 0.502. The number of hydrogen-bond acceptors (Lipinski definition) is 1. The summed E-state index contributed by atoms with van der Waals surface area (Å²) in [5, 5.41) is 0. The lowest BCUT2D eigenvalue weighted by Gasteiger charge is -2.35. The van der Waals surface area contributed by atoms with Crippen LogP contribution in [0, 0.1) is 0 Å². The molecule has 1 nitrogen and oxygen atoms in total. The SMILES string of the molecule is CC1=C2CCCC[C@H]2O[C@H](C)C1. The minimum Gasteiger partial charge on any atom is -0.371 e. The summed E-state index contributed by atoms with van der Waals surface area (Å²) in [6, 6.07) is 0. The first-order valence-corrected chi connectivity index (χ1v) is 5.11. The minimum atomic E-state index is 0.455. The van der Waals surface area contributed by atoms with Gasteiger partial charge in [-0.1, -0.05) is 12.0 Å². The topological polar surface area (TPSA) is 9.23 Å². The molecule has 2 atom stereocenters. The molecule has 2 aliphatic rings. The maximum Gasteiger partial charge on any atom is 0.0791 e. The zero-order valence-electron chi connectivity index (χ0n) is 8.10. The van der Waals surface area contributed by atoms with Gasteiger partial charge in [0, 0.05) is 0 Å². The molecule has 12 heavy (non-hydrogen) atoms. The molecule has 1 heterocycles. The number of hydrogen-bond donors (Lipinski definition) is 0. The largest absolute Gasteiger partial charge is 0.371 e. The van der Waals surface area contributed by atoms with Crippen molar-refractivity contribution in [1.29, 1.82) is 0 Å². The Bertz CT molecular complexity index is 205. The normalized spacial score (nSPS) is 36.5. The van der Waals surface area contributed by atoms with Gasteiger partial charge in [-0.05, 0) is 45.1 Å². The first-order valence-electron chi connectivity index (χ1n) is 5.11. The lowest BCUT2D eigenvalue weighted by atomic mass is 9.85. The molecule has 0 unspecified atom stereocenters. The Hall–Kier alpha value is -0.300. The van der Waals surface area contributed by atoms with Gasteiger partial charge in [-0.3, -0.25) is 0 Å². The molecule has 0 bridgehead atoms. The Morgan fingerprint density at radius 2 is 2.17 bits per heavy atom. The van der Waals surface area contributed by atoms with Crippen LogP contribution in [-0.2, 0) is 4.74 Å². The molecule has 1 fully saturated rings. The van der Waals surface area contributed by atoms with E-state index in [4.69, 9.17) is 4.74 Å². The first-order chi connectivity index (χ1) is 5.77. The standard InChI is InChI=1S/C11H18O/c1-8-7-9(2)12-11-6-4-3-5-10(8)11/h9,11H,3-7H2,1-2H3/t9-,11-/m1/s1. The first kappa shape index (κ1) is 8.31. The van der Waals surface area contributed by atoms with Crippen LogP contribution >= 0.6 is 0 Å². The van der Waals surface area contributed by atoms with Crippen LogP contribution in [0.5, 0.6) is 0 Å². The average molecular weight is 166 g/mol. The third kappa shape index (κ3) is 1.42. The highest BCUT2D eigenvalue weighted by molar-refractivity contribution is 5.21. The van der Waals surface area contributed by atoms with Gasteiger partial charge in [-0.15, -0.1) is 0 Å². The highest BCUT2D eigenvalue weighted by Crippen LogP contribution is 2.34. The smallest absolute Gasteiger partial charge is 0.0791 e. The lowest BCUT2D eigenvalue weighted by Crippen LogP contribution is -2.30. The van der Waals surface area contributed by atoms with Gasteiger partial charge in [0.2, 0.25) is 0 Å². The summed E-state index contributed by atoms with van der Waals surface area (Å²) in [5.74, 6) is 0. The fourth-order valence-electron chi connectivity index (χ4n) is 2.51. The van der Waals surface area contributed by atoms with E-state index in [0.29, 0.717) is 12.2 Å². The molecule has 1 aliphatic carbocycles. The summed E-state index contributed by atoms with van der Waals surface area (Å²) in [6.07, 6.45) is 7.39. The fraction of sp³-hybridized carbons (Fsp3) is 0.818. The van der Waals surface area contributed by atoms with Crippen LogP contribution in [0.4, 0.5) is 0 Å². The van der Waals surface area contributed by atoms with Crippen LogP contribution in [0.3, 0.4) is 0 Å².